The number of H-pyrrole nitrogens is 1. The zero-order valence-electron chi connectivity index (χ0n) is 16.6. The molecule has 11 heteroatoms. The predicted molar refractivity (Wildman–Crippen MR) is 123 cm³/mol. The number of fused-ring (bicyclic) bond motifs is 1. The molecule has 0 unspecified atom stereocenters. The lowest BCUT2D eigenvalue weighted by molar-refractivity contribution is -0.114. The molecular formula is C21H16ClN3O5S2. The van der Waals surface area contributed by atoms with Gasteiger partial charge in [0.2, 0.25) is 0 Å². The van der Waals surface area contributed by atoms with Crippen LogP contribution in [0.3, 0.4) is 0 Å². The third kappa shape index (κ3) is 5.10. The molecule has 0 saturated heterocycles. The average Bonchev–Trinajstić information content (AvgIpc) is 3.13. The number of hydrogen-bond acceptors (Lipinski definition) is 7. The Morgan fingerprint density at radius 2 is 1.81 bits per heavy atom. The Morgan fingerprint density at radius 3 is 2.50 bits per heavy atom. The molecule has 0 aliphatic heterocycles. The highest BCUT2D eigenvalue weighted by Crippen LogP contribution is 2.34. The van der Waals surface area contributed by atoms with Crippen LogP contribution in [0.4, 0.5) is 0 Å². The van der Waals surface area contributed by atoms with Crippen LogP contribution in [0.15, 0.2) is 59.8 Å². The van der Waals surface area contributed by atoms with Crippen molar-refractivity contribution in [2.45, 2.75) is 12.1 Å². The predicted octanol–water partition coefficient (Wildman–Crippen LogP) is 4.81. The number of rotatable bonds is 7. The van der Waals surface area contributed by atoms with Gasteiger partial charge in [-0.15, -0.1) is 0 Å². The van der Waals surface area contributed by atoms with Gasteiger partial charge in [0.1, 0.15) is 5.78 Å². The second kappa shape index (κ2) is 8.91. The molecule has 4 rings (SSSR count). The Morgan fingerprint density at radius 1 is 1.12 bits per heavy atom. The van der Waals surface area contributed by atoms with E-state index in [1.54, 1.807) is 48.5 Å². The van der Waals surface area contributed by atoms with Gasteiger partial charge in [-0.3, -0.25) is 9.35 Å². The van der Waals surface area contributed by atoms with Gasteiger partial charge in [0.05, 0.1) is 22.0 Å². The Balaban J connectivity index is 1.66. The molecule has 0 radical (unpaired) electrons. The minimum atomic E-state index is -4.65. The van der Waals surface area contributed by atoms with Crippen LogP contribution in [-0.4, -0.2) is 39.5 Å². The molecule has 2 heterocycles. The summed E-state index contributed by atoms with van der Waals surface area (Å²) in [4.78, 5) is 23.3. The van der Waals surface area contributed by atoms with Crippen molar-refractivity contribution in [1.29, 1.82) is 0 Å². The van der Waals surface area contributed by atoms with E-state index in [1.807, 2.05) is 0 Å². The number of aromatic nitrogens is 3. The number of aromatic amines is 1. The van der Waals surface area contributed by atoms with Gasteiger partial charge in [0.15, 0.2) is 16.6 Å². The molecule has 0 atom stereocenters. The van der Waals surface area contributed by atoms with Gasteiger partial charge in [0, 0.05) is 11.1 Å². The number of hydrogen-bond donors (Lipinski definition) is 2. The zero-order chi connectivity index (χ0) is 22.9. The minimum absolute atomic E-state index is 0.00689. The monoisotopic (exact) mass is 489 g/mol. The fraction of sp³-hybridized carbons (Fsp3) is 0.0952. The number of benzene rings is 2. The number of ketones is 1. The highest BCUT2D eigenvalue weighted by atomic mass is 35.5. The first kappa shape index (κ1) is 22.3. The first-order valence-corrected chi connectivity index (χ1v) is 12.0. The van der Waals surface area contributed by atoms with Crippen molar-refractivity contribution in [3.8, 4) is 28.1 Å². The summed E-state index contributed by atoms with van der Waals surface area (Å²) in [5, 5.41) is 1.01. The van der Waals surface area contributed by atoms with Crippen LogP contribution < -0.4 is 4.18 Å². The fourth-order valence-corrected chi connectivity index (χ4v) is 4.34. The van der Waals surface area contributed by atoms with Crippen molar-refractivity contribution in [2.24, 2.45) is 0 Å². The van der Waals surface area contributed by atoms with Crippen molar-refractivity contribution in [3.05, 3.63) is 59.6 Å². The maximum absolute atomic E-state index is 11.2. The van der Waals surface area contributed by atoms with Crippen LogP contribution in [0.25, 0.3) is 33.5 Å². The van der Waals surface area contributed by atoms with Crippen molar-refractivity contribution >= 4 is 50.7 Å². The summed E-state index contributed by atoms with van der Waals surface area (Å²) in [6, 6.07) is 15.3. The van der Waals surface area contributed by atoms with E-state index in [2.05, 4.69) is 19.1 Å². The summed E-state index contributed by atoms with van der Waals surface area (Å²) in [5.41, 5.74) is 3.57. The van der Waals surface area contributed by atoms with Crippen LogP contribution in [0.2, 0.25) is 5.02 Å². The zero-order valence-corrected chi connectivity index (χ0v) is 19.0. The Hall–Kier alpha value is -2.92. The Kier molecular flexibility index (Phi) is 6.20. The number of para-hydroxylation sites is 1. The van der Waals surface area contributed by atoms with E-state index in [0.717, 1.165) is 5.56 Å². The number of thioether (sulfide) groups is 1. The van der Waals surface area contributed by atoms with Crippen molar-refractivity contribution in [2.75, 3.05) is 5.75 Å². The largest absolute Gasteiger partial charge is 0.446 e. The number of halogens is 1. The van der Waals surface area contributed by atoms with Crippen LogP contribution in [0.5, 0.6) is 5.75 Å². The van der Waals surface area contributed by atoms with Gasteiger partial charge in [0.25, 0.3) is 0 Å². The van der Waals surface area contributed by atoms with Gasteiger partial charge < -0.3 is 9.17 Å². The summed E-state index contributed by atoms with van der Waals surface area (Å²) in [6.07, 6.45) is 0. The molecule has 0 saturated carbocycles. The number of Topliss-reactive ketones (excluding diaryl/α,β-unsaturated/α-hetero) is 1. The lowest BCUT2D eigenvalue weighted by atomic mass is 10.0. The summed E-state index contributed by atoms with van der Waals surface area (Å²) in [6.45, 7) is 1.51. The van der Waals surface area contributed by atoms with Crippen molar-refractivity contribution < 1.29 is 21.9 Å². The van der Waals surface area contributed by atoms with Crippen LogP contribution in [-0.2, 0) is 15.2 Å². The smallest absolute Gasteiger partial charge is 0.361 e. The van der Waals surface area contributed by atoms with E-state index in [4.69, 9.17) is 16.2 Å². The summed E-state index contributed by atoms with van der Waals surface area (Å²) >= 11 is 7.74. The second-order valence-electron chi connectivity index (χ2n) is 6.81. The normalized spacial score (nSPS) is 11.6. The van der Waals surface area contributed by atoms with Gasteiger partial charge in [-0.2, -0.15) is 8.42 Å². The molecule has 32 heavy (non-hydrogen) atoms. The molecule has 2 aromatic heterocycles. The summed E-state index contributed by atoms with van der Waals surface area (Å²) in [7, 11) is -4.65. The van der Waals surface area contributed by atoms with Crippen molar-refractivity contribution in [1.82, 2.24) is 15.0 Å². The number of pyridine rings is 1. The molecule has 0 bridgehead atoms. The number of imidazole rings is 1. The topological polar surface area (TPSA) is 122 Å². The molecule has 2 N–H and O–H groups in total. The van der Waals surface area contributed by atoms with E-state index in [1.165, 1.54) is 24.8 Å². The molecule has 0 spiro atoms. The van der Waals surface area contributed by atoms with E-state index in [0.29, 0.717) is 43.9 Å². The van der Waals surface area contributed by atoms with Crippen LogP contribution in [0, 0.1) is 0 Å². The van der Waals surface area contributed by atoms with Crippen LogP contribution in [0.1, 0.15) is 6.92 Å². The first-order valence-electron chi connectivity index (χ1n) is 9.25. The lowest BCUT2D eigenvalue weighted by Crippen LogP contribution is -2.07. The molecule has 2 aromatic carbocycles. The lowest BCUT2D eigenvalue weighted by Gasteiger charge is -2.10. The highest BCUT2D eigenvalue weighted by molar-refractivity contribution is 7.99. The fourth-order valence-electron chi connectivity index (χ4n) is 3.04. The quantitative estimate of drug-likeness (QED) is 0.280. The maximum atomic E-state index is 11.2. The standard InChI is InChI=1S/C21H16ClN3O5S2/c1-12(26)11-31-21-23-17-10-16(22)19(24-20(17)25-21)14-8-6-13(7-9-14)15-4-2-3-5-18(15)30-32(27,28)29/h2-10H,11H2,1H3,(H,23,24,25)(H,27,28,29). The third-order valence-electron chi connectivity index (χ3n) is 4.37. The van der Waals surface area contributed by atoms with E-state index in [9.17, 15) is 13.2 Å². The minimum Gasteiger partial charge on any atom is -0.361 e. The number of carbonyl (C=O) groups is 1. The molecule has 164 valence electrons. The van der Waals surface area contributed by atoms with E-state index < -0.39 is 10.4 Å². The molecule has 0 aliphatic carbocycles. The van der Waals surface area contributed by atoms with Crippen LogP contribution >= 0.6 is 23.4 Å². The number of carbonyl (C=O) groups excluding carboxylic acids is 1. The molecule has 4 aromatic rings. The number of nitrogens with one attached hydrogen (secondary N) is 1. The maximum Gasteiger partial charge on any atom is 0.446 e. The molecular weight excluding hydrogens is 474 g/mol. The van der Waals surface area contributed by atoms with E-state index in [-0.39, 0.29) is 11.5 Å². The van der Waals surface area contributed by atoms with E-state index >= 15 is 0 Å². The highest BCUT2D eigenvalue weighted by Gasteiger charge is 2.15. The SMILES string of the molecule is CC(=O)CSc1nc2nc(-c3ccc(-c4ccccc4OS(=O)(=O)O)cc3)c(Cl)cc2[nH]1. The molecule has 8 nitrogen and oxygen atoms in total. The number of nitrogens with zero attached hydrogens (tertiary/aromatic N) is 2. The van der Waals surface area contributed by atoms with Gasteiger partial charge >= 0.3 is 10.4 Å². The Labute approximate surface area is 193 Å². The summed E-state index contributed by atoms with van der Waals surface area (Å²) in [5.74, 6) is 0.364. The average molecular weight is 490 g/mol. The molecule has 0 aliphatic rings. The Bertz CT molecular complexity index is 1420. The van der Waals surface area contributed by atoms with Gasteiger partial charge in [-0.1, -0.05) is 65.8 Å². The first-order chi connectivity index (χ1) is 15.2. The molecule has 0 amide bonds. The van der Waals surface area contributed by atoms with Gasteiger partial charge in [-0.25, -0.2) is 9.97 Å². The van der Waals surface area contributed by atoms with Crippen molar-refractivity contribution in [3.63, 3.8) is 0 Å². The summed E-state index contributed by atoms with van der Waals surface area (Å²) < 4.78 is 35.9. The van der Waals surface area contributed by atoms with Gasteiger partial charge in [-0.05, 0) is 24.6 Å². The third-order valence-corrected chi connectivity index (χ3v) is 6.06. The molecule has 0 fully saturated rings. The second-order valence-corrected chi connectivity index (χ2v) is 9.20.